The number of aryl methyl sites for hydroxylation is 1. The van der Waals surface area contributed by atoms with E-state index >= 15 is 0 Å². The minimum atomic E-state index is -0.815. The van der Waals surface area contributed by atoms with Gasteiger partial charge < -0.3 is 9.52 Å². The van der Waals surface area contributed by atoms with Crippen LogP contribution in [-0.4, -0.2) is 16.1 Å². The van der Waals surface area contributed by atoms with E-state index in [-0.39, 0.29) is 11.8 Å². The quantitative estimate of drug-likeness (QED) is 0.920. The summed E-state index contributed by atoms with van der Waals surface area (Å²) in [6.07, 6.45) is 7.66. The van der Waals surface area contributed by atoms with E-state index < -0.39 is 5.97 Å². The lowest BCUT2D eigenvalue weighted by Crippen LogP contribution is -2.48. The first-order chi connectivity index (χ1) is 9.54. The Bertz CT molecular complexity index is 525. The molecule has 1 N–H and O–H groups in total. The highest BCUT2D eigenvalue weighted by molar-refractivity contribution is 5.70. The molecule has 4 bridgehead atoms. The summed E-state index contributed by atoms with van der Waals surface area (Å²) in [5.74, 6) is 3.19. The summed E-state index contributed by atoms with van der Waals surface area (Å²) in [5.41, 5.74) is 0.776. The number of hydrogen-bond acceptors (Lipinski definition) is 3. The van der Waals surface area contributed by atoms with Crippen LogP contribution >= 0.6 is 0 Å². The van der Waals surface area contributed by atoms with Crippen LogP contribution in [-0.2, 0) is 16.6 Å². The average molecular weight is 275 g/mol. The van der Waals surface area contributed by atoms with Crippen LogP contribution in [0.2, 0.25) is 0 Å². The molecule has 0 amide bonds. The van der Waals surface area contributed by atoms with E-state index in [0.717, 1.165) is 23.5 Å². The molecule has 0 aliphatic heterocycles. The van der Waals surface area contributed by atoms with Gasteiger partial charge >= 0.3 is 5.97 Å². The Labute approximate surface area is 118 Å². The zero-order valence-corrected chi connectivity index (χ0v) is 11.9. The predicted molar refractivity (Wildman–Crippen MR) is 72.4 cm³/mol. The van der Waals surface area contributed by atoms with Gasteiger partial charge in [-0.25, -0.2) is 4.98 Å². The van der Waals surface area contributed by atoms with Crippen molar-refractivity contribution in [2.75, 3.05) is 0 Å². The van der Waals surface area contributed by atoms with Crippen LogP contribution in [0.1, 0.15) is 55.9 Å². The van der Waals surface area contributed by atoms with Crippen molar-refractivity contribution in [2.45, 2.75) is 57.3 Å². The van der Waals surface area contributed by atoms with Gasteiger partial charge in [0.2, 0.25) is 0 Å². The van der Waals surface area contributed by atoms with E-state index in [1.165, 1.54) is 38.5 Å². The largest absolute Gasteiger partial charge is 0.481 e. The van der Waals surface area contributed by atoms with Gasteiger partial charge in [-0.3, -0.25) is 4.79 Å². The van der Waals surface area contributed by atoms with Crippen molar-refractivity contribution in [3.63, 3.8) is 0 Å². The van der Waals surface area contributed by atoms with Gasteiger partial charge in [0.1, 0.15) is 5.76 Å². The molecule has 4 aliphatic carbocycles. The summed E-state index contributed by atoms with van der Waals surface area (Å²) < 4.78 is 5.93. The monoisotopic (exact) mass is 275 g/mol. The Morgan fingerprint density at radius 2 is 1.80 bits per heavy atom. The Balaban J connectivity index is 1.75. The number of oxazole rings is 1. The molecule has 20 heavy (non-hydrogen) atoms. The number of rotatable bonds is 3. The highest BCUT2D eigenvalue weighted by Gasteiger charge is 2.54. The van der Waals surface area contributed by atoms with Crippen LogP contribution in [0.4, 0.5) is 0 Å². The molecule has 4 nitrogen and oxygen atoms in total. The van der Waals surface area contributed by atoms with Crippen molar-refractivity contribution < 1.29 is 14.3 Å². The molecule has 0 atom stereocenters. The lowest BCUT2D eigenvalue weighted by atomic mass is 9.49. The zero-order valence-electron chi connectivity index (χ0n) is 11.9. The van der Waals surface area contributed by atoms with E-state index in [2.05, 4.69) is 4.98 Å². The first-order valence-electron chi connectivity index (χ1n) is 7.73. The molecule has 4 saturated carbocycles. The second-order valence-corrected chi connectivity index (χ2v) is 7.28. The van der Waals surface area contributed by atoms with Crippen molar-refractivity contribution >= 4 is 5.97 Å². The van der Waals surface area contributed by atoms with E-state index in [0.29, 0.717) is 11.6 Å². The second kappa shape index (κ2) is 4.09. The molecule has 1 aromatic rings. The summed E-state index contributed by atoms with van der Waals surface area (Å²) in [5, 5.41) is 9.10. The third-order valence-electron chi connectivity index (χ3n) is 5.64. The number of carboxylic acids is 1. The van der Waals surface area contributed by atoms with Gasteiger partial charge in [-0.05, 0) is 56.3 Å². The van der Waals surface area contributed by atoms with Crippen LogP contribution in [0.3, 0.4) is 0 Å². The maximum atomic E-state index is 11.1. The summed E-state index contributed by atoms with van der Waals surface area (Å²) in [4.78, 5) is 15.4. The Kier molecular flexibility index (Phi) is 2.54. The Morgan fingerprint density at radius 3 is 2.30 bits per heavy atom. The third-order valence-corrected chi connectivity index (χ3v) is 5.64. The highest BCUT2D eigenvalue weighted by Crippen LogP contribution is 2.61. The van der Waals surface area contributed by atoms with Gasteiger partial charge in [0, 0.05) is 12.3 Å². The maximum absolute atomic E-state index is 11.1. The predicted octanol–water partition coefficient (Wildman–Crippen LogP) is 3.08. The van der Waals surface area contributed by atoms with Gasteiger partial charge in [0.15, 0.2) is 5.89 Å². The number of carboxylic acid groups (broad SMARTS) is 1. The topological polar surface area (TPSA) is 63.3 Å². The zero-order chi connectivity index (χ0) is 13.9. The van der Waals surface area contributed by atoms with Crippen LogP contribution in [0, 0.1) is 24.7 Å². The van der Waals surface area contributed by atoms with Gasteiger partial charge in [-0.15, -0.1) is 0 Å². The maximum Gasteiger partial charge on any atom is 0.309 e. The van der Waals surface area contributed by atoms with Crippen molar-refractivity contribution in [1.29, 1.82) is 0 Å². The number of aliphatic carboxylic acids is 1. The number of carbonyl (C=O) groups is 1. The number of aromatic nitrogens is 1. The number of hydrogen-bond donors (Lipinski definition) is 1. The molecule has 1 heterocycles. The molecule has 108 valence electrons. The van der Waals surface area contributed by atoms with Crippen LogP contribution in [0.5, 0.6) is 0 Å². The van der Waals surface area contributed by atoms with Gasteiger partial charge in [0.25, 0.3) is 0 Å². The SMILES string of the molecule is Cc1nc(CC(=O)O)c(C23CC4CC(CC(C4)C2)C3)o1. The minimum Gasteiger partial charge on any atom is -0.481 e. The Hall–Kier alpha value is -1.32. The normalized spacial score (nSPS) is 38.4. The molecular weight excluding hydrogens is 254 g/mol. The first-order valence-corrected chi connectivity index (χ1v) is 7.73. The van der Waals surface area contributed by atoms with Crippen molar-refractivity contribution in [1.82, 2.24) is 4.98 Å². The van der Waals surface area contributed by atoms with Crippen molar-refractivity contribution in [3.8, 4) is 0 Å². The molecule has 5 rings (SSSR count). The summed E-state index contributed by atoms with van der Waals surface area (Å²) in [6, 6.07) is 0. The lowest BCUT2D eigenvalue weighted by molar-refractivity contribution is -0.136. The molecule has 0 spiro atoms. The molecule has 4 aliphatic rings. The summed E-state index contributed by atoms with van der Waals surface area (Å²) in [6.45, 7) is 1.83. The molecule has 4 heteroatoms. The van der Waals surface area contributed by atoms with Gasteiger partial charge in [-0.2, -0.15) is 0 Å². The standard InChI is InChI=1S/C16H21NO3/c1-9-17-13(5-14(18)19)15(20-9)16-6-10-2-11(7-16)4-12(3-10)8-16/h10-12H,2-8H2,1H3,(H,18,19). The average Bonchev–Trinajstić information content (AvgIpc) is 2.68. The van der Waals surface area contributed by atoms with E-state index in [1.54, 1.807) is 0 Å². The summed E-state index contributed by atoms with van der Waals surface area (Å²) in [7, 11) is 0. The number of nitrogens with zero attached hydrogens (tertiary/aromatic N) is 1. The van der Waals surface area contributed by atoms with Gasteiger partial charge in [0.05, 0.1) is 12.1 Å². The van der Waals surface area contributed by atoms with Gasteiger partial charge in [-0.1, -0.05) is 0 Å². The van der Waals surface area contributed by atoms with Crippen molar-refractivity contribution in [2.24, 2.45) is 17.8 Å². The van der Waals surface area contributed by atoms with Crippen molar-refractivity contribution in [3.05, 3.63) is 17.3 Å². The molecule has 0 radical (unpaired) electrons. The molecule has 4 fully saturated rings. The van der Waals surface area contributed by atoms with Crippen LogP contribution in [0.15, 0.2) is 4.42 Å². The molecule has 0 unspecified atom stereocenters. The fourth-order valence-corrected chi connectivity index (χ4v) is 5.54. The minimum absolute atomic E-state index is 0.00553. The molecule has 0 aromatic carbocycles. The second-order valence-electron chi connectivity index (χ2n) is 7.28. The third kappa shape index (κ3) is 1.80. The fourth-order valence-electron chi connectivity index (χ4n) is 5.54. The molecule has 0 saturated heterocycles. The van der Waals surface area contributed by atoms with E-state index in [4.69, 9.17) is 9.52 Å². The molecular formula is C16H21NO3. The van der Waals surface area contributed by atoms with E-state index in [9.17, 15) is 4.79 Å². The molecule has 1 aromatic heterocycles. The van der Waals surface area contributed by atoms with Crippen LogP contribution in [0.25, 0.3) is 0 Å². The highest BCUT2D eigenvalue weighted by atomic mass is 16.4. The Morgan fingerprint density at radius 1 is 1.25 bits per heavy atom. The summed E-state index contributed by atoms with van der Waals surface area (Å²) >= 11 is 0. The van der Waals surface area contributed by atoms with Crippen LogP contribution < -0.4 is 0 Å². The fraction of sp³-hybridized carbons (Fsp3) is 0.750. The smallest absolute Gasteiger partial charge is 0.309 e. The lowest BCUT2D eigenvalue weighted by Gasteiger charge is -2.56. The van der Waals surface area contributed by atoms with E-state index in [1.807, 2.05) is 6.92 Å². The first kappa shape index (κ1) is 12.4.